The summed E-state index contributed by atoms with van der Waals surface area (Å²) in [5.41, 5.74) is 0. The topological polar surface area (TPSA) is 69.6 Å². The van der Waals surface area contributed by atoms with E-state index in [1.165, 1.54) is 0 Å². The highest BCUT2D eigenvalue weighted by molar-refractivity contribution is 5.78. The molecular weight excluding hydrogens is 268 g/mol. The van der Waals surface area contributed by atoms with Crippen molar-refractivity contribution in [2.75, 3.05) is 13.1 Å². The lowest BCUT2D eigenvalue weighted by atomic mass is 9.85. The summed E-state index contributed by atoms with van der Waals surface area (Å²) >= 11 is 0. The van der Waals surface area contributed by atoms with Crippen LogP contribution in [0.3, 0.4) is 0 Å². The average Bonchev–Trinajstić information content (AvgIpc) is 2.47. The second-order valence-electron chi connectivity index (χ2n) is 6.82. The second-order valence-corrected chi connectivity index (χ2v) is 6.82. The highest BCUT2D eigenvalue weighted by atomic mass is 16.4. The molecule has 0 bridgehead atoms. The van der Waals surface area contributed by atoms with Crippen LogP contribution in [0.5, 0.6) is 0 Å². The van der Waals surface area contributed by atoms with Gasteiger partial charge in [-0.15, -0.1) is 0 Å². The number of carboxylic acids is 1. The SMILES string of the molecule is CC(C)C(=O)N1CCC(NC2CCCC(C(=O)O)C2)CC1. The summed E-state index contributed by atoms with van der Waals surface area (Å²) in [6.07, 6.45) is 5.60. The molecule has 2 atom stereocenters. The first-order valence-electron chi connectivity index (χ1n) is 8.25. The minimum absolute atomic E-state index is 0.0733. The Labute approximate surface area is 127 Å². The number of rotatable bonds is 4. The number of carbonyl (C=O) groups excluding carboxylic acids is 1. The lowest BCUT2D eigenvalue weighted by molar-refractivity contribution is -0.143. The van der Waals surface area contributed by atoms with Crippen molar-refractivity contribution >= 4 is 11.9 Å². The summed E-state index contributed by atoms with van der Waals surface area (Å²) in [5, 5.41) is 12.8. The maximum atomic E-state index is 12.0. The minimum atomic E-state index is -0.654. The van der Waals surface area contributed by atoms with Gasteiger partial charge in [0.05, 0.1) is 5.92 Å². The maximum absolute atomic E-state index is 12.0. The first kappa shape index (κ1) is 16.3. The standard InChI is InChI=1S/C16H28N2O3/c1-11(2)15(19)18-8-6-13(7-9-18)17-14-5-3-4-12(10-14)16(20)21/h11-14,17H,3-10H2,1-2H3,(H,20,21). The van der Waals surface area contributed by atoms with E-state index in [4.69, 9.17) is 5.11 Å². The van der Waals surface area contributed by atoms with Crippen LogP contribution >= 0.6 is 0 Å². The van der Waals surface area contributed by atoms with Crippen molar-refractivity contribution in [3.63, 3.8) is 0 Å². The maximum Gasteiger partial charge on any atom is 0.306 e. The van der Waals surface area contributed by atoms with Gasteiger partial charge in [0.1, 0.15) is 0 Å². The molecule has 0 aromatic rings. The molecule has 0 aromatic heterocycles. The van der Waals surface area contributed by atoms with Crippen molar-refractivity contribution in [3.05, 3.63) is 0 Å². The fourth-order valence-corrected chi connectivity index (χ4v) is 3.53. The molecule has 1 saturated heterocycles. The first-order valence-corrected chi connectivity index (χ1v) is 8.25. The molecule has 1 aliphatic carbocycles. The lowest BCUT2D eigenvalue weighted by Crippen LogP contribution is -2.49. The van der Waals surface area contributed by atoms with E-state index < -0.39 is 5.97 Å². The number of hydrogen-bond acceptors (Lipinski definition) is 3. The van der Waals surface area contributed by atoms with Crippen LogP contribution in [0.25, 0.3) is 0 Å². The van der Waals surface area contributed by atoms with Crippen LogP contribution in [0, 0.1) is 11.8 Å². The molecule has 1 aliphatic heterocycles. The van der Waals surface area contributed by atoms with E-state index in [0.29, 0.717) is 12.1 Å². The van der Waals surface area contributed by atoms with Gasteiger partial charge in [0.2, 0.25) is 5.91 Å². The predicted molar refractivity (Wildman–Crippen MR) is 81.0 cm³/mol. The third-order valence-corrected chi connectivity index (χ3v) is 4.80. The number of carbonyl (C=O) groups is 2. The normalized spacial score (nSPS) is 27.9. The van der Waals surface area contributed by atoms with E-state index in [1.54, 1.807) is 0 Å². The molecule has 5 nitrogen and oxygen atoms in total. The number of nitrogens with zero attached hydrogens (tertiary/aromatic N) is 1. The molecular formula is C16H28N2O3. The molecule has 2 aliphatic rings. The van der Waals surface area contributed by atoms with Crippen LogP contribution in [-0.2, 0) is 9.59 Å². The molecule has 2 N–H and O–H groups in total. The van der Waals surface area contributed by atoms with Gasteiger partial charge in [0.25, 0.3) is 0 Å². The monoisotopic (exact) mass is 296 g/mol. The Morgan fingerprint density at radius 1 is 1.10 bits per heavy atom. The van der Waals surface area contributed by atoms with Crippen molar-refractivity contribution in [3.8, 4) is 0 Å². The summed E-state index contributed by atoms with van der Waals surface area (Å²) in [6.45, 7) is 5.54. The van der Waals surface area contributed by atoms with Crippen LogP contribution < -0.4 is 5.32 Å². The Morgan fingerprint density at radius 3 is 2.33 bits per heavy atom. The van der Waals surface area contributed by atoms with Crippen LogP contribution in [0.1, 0.15) is 52.4 Å². The van der Waals surface area contributed by atoms with Gasteiger partial charge in [-0.1, -0.05) is 20.3 Å². The molecule has 5 heteroatoms. The van der Waals surface area contributed by atoms with Gasteiger partial charge >= 0.3 is 5.97 Å². The molecule has 0 spiro atoms. The number of hydrogen-bond donors (Lipinski definition) is 2. The zero-order chi connectivity index (χ0) is 15.4. The van der Waals surface area contributed by atoms with Gasteiger partial charge < -0.3 is 15.3 Å². The zero-order valence-electron chi connectivity index (χ0n) is 13.2. The van der Waals surface area contributed by atoms with Crippen LogP contribution in [0.2, 0.25) is 0 Å². The van der Waals surface area contributed by atoms with Gasteiger partial charge in [-0.2, -0.15) is 0 Å². The number of amides is 1. The van der Waals surface area contributed by atoms with Crippen molar-refractivity contribution in [2.45, 2.75) is 64.5 Å². The molecule has 21 heavy (non-hydrogen) atoms. The molecule has 2 unspecified atom stereocenters. The Balaban J connectivity index is 1.76. The number of carboxylic acid groups (broad SMARTS) is 1. The second kappa shape index (κ2) is 7.25. The number of nitrogens with one attached hydrogen (secondary N) is 1. The fraction of sp³-hybridized carbons (Fsp3) is 0.875. The van der Waals surface area contributed by atoms with E-state index >= 15 is 0 Å². The Kier molecular flexibility index (Phi) is 5.62. The van der Waals surface area contributed by atoms with E-state index in [2.05, 4.69) is 5.32 Å². The third-order valence-electron chi connectivity index (χ3n) is 4.80. The van der Waals surface area contributed by atoms with Crippen LogP contribution in [0.15, 0.2) is 0 Å². The zero-order valence-corrected chi connectivity index (χ0v) is 13.2. The summed E-state index contributed by atoms with van der Waals surface area (Å²) < 4.78 is 0. The molecule has 1 heterocycles. The van der Waals surface area contributed by atoms with Crippen LogP contribution in [0.4, 0.5) is 0 Å². The summed E-state index contributed by atoms with van der Waals surface area (Å²) in [4.78, 5) is 25.0. The molecule has 2 fully saturated rings. The Morgan fingerprint density at radius 2 is 1.76 bits per heavy atom. The summed E-state index contributed by atoms with van der Waals surface area (Å²) in [5.74, 6) is -0.515. The van der Waals surface area contributed by atoms with E-state index in [0.717, 1.165) is 51.6 Å². The van der Waals surface area contributed by atoms with E-state index in [-0.39, 0.29) is 17.7 Å². The highest BCUT2D eigenvalue weighted by Gasteiger charge is 2.30. The quantitative estimate of drug-likeness (QED) is 0.831. The number of likely N-dealkylation sites (tertiary alicyclic amines) is 1. The van der Waals surface area contributed by atoms with Crippen molar-refractivity contribution in [1.82, 2.24) is 10.2 Å². The fourth-order valence-electron chi connectivity index (χ4n) is 3.53. The van der Waals surface area contributed by atoms with Gasteiger partial charge in [-0.3, -0.25) is 9.59 Å². The molecule has 2 rings (SSSR count). The molecule has 1 amide bonds. The average molecular weight is 296 g/mol. The highest BCUT2D eigenvalue weighted by Crippen LogP contribution is 2.26. The Hall–Kier alpha value is -1.10. The smallest absolute Gasteiger partial charge is 0.306 e. The minimum Gasteiger partial charge on any atom is -0.481 e. The molecule has 0 aromatic carbocycles. The molecule has 0 radical (unpaired) electrons. The van der Waals surface area contributed by atoms with E-state index in [1.807, 2.05) is 18.7 Å². The van der Waals surface area contributed by atoms with Gasteiger partial charge in [0.15, 0.2) is 0 Å². The first-order chi connectivity index (χ1) is 9.97. The predicted octanol–water partition coefficient (Wildman–Crippen LogP) is 1.87. The van der Waals surface area contributed by atoms with Crippen molar-refractivity contribution < 1.29 is 14.7 Å². The molecule has 1 saturated carbocycles. The number of piperidine rings is 1. The van der Waals surface area contributed by atoms with Crippen molar-refractivity contribution in [2.24, 2.45) is 11.8 Å². The molecule has 120 valence electrons. The van der Waals surface area contributed by atoms with Crippen molar-refractivity contribution in [1.29, 1.82) is 0 Å². The Bertz CT molecular complexity index is 376. The van der Waals surface area contributed by atoms with E-state index in [9.17, 15) is 9.59 Å². The summed E-state index contributed by atoms with van der Waals surface area (Å²) in [7, 11) is 0. The third kappa shape index (κ3) is 4.43. The summed E-state index contributed by atoms with van der Waals surface area (Å²) in [6, 6.07) is 0.760. The van der Waals surface area contributed by atoms with Gasteiger partial charge in [0, 0.05) is 31.1 Å². The lowest BCUT2D eigenvalue weighted by Gasteiger charge is -2.37. The number of aliphatic carboxylic acids is 1. The largest absolute Gasteiger partial charge is 0.481 e. The van der Waals surface area contributed by atoms with Crippen LogP contribution in [-0.4, -0.2) is 47.1 Å². The van der Waals surface area contributed by atoms with Gasteiger partial charge in [-0.25, -0.2) is 0 Å². The van der Waals surface area contributed by atoms with Gasteiger partial charge in [-0.05, 0) is 32.1 Å².